The molecule has 0 saturated heterocycles. The zero-order chi connectivity index (χ0) is 24.8. The van der Waals surface area contributed by atoms with E-state index in [2.05, 4.69) is 10.3 Å². The van der Waals surface area contributed by atoms with Gasteiger partial charge in [0.15, 0.2) is 6.61 Å². The van der Waals surface area contributed by atoms with Crippen LogP contribution in [0.2, 0.25) is 10.0 Å². The highest BCUT2D eigenvalue weighted by molar-refractivity contribution is 6.35. The van der Waals surface area contributed by atoms with Crippen molar-refractivity contribution < 1.29 is 19.1 Å². The molecule has 0 fully saturated rings. The topological polar surface area (TPSA) is 80.4 Å². The monoisotopic (exact) mass is 510 g/mol. The molecule has 1 aromatic heterocycles. The molecule has 2 N–H and O–H groups in total. The highest BCUT2D eigenvalue weighted by Gasteiger charge is 2.25. The van der Waals surface area contributed by atoms with Crippen LogP contribution in [-0.2, 0) is 27.4 Å². The van der Waals surface area contributed by atoms with Crippen LogP contribution in [0.1, 0.15) is 16.7 Å². The largest absolute Gasteiger partial charge is 0.484 e. The van der Waals surface area contributed by atoms with Crippen LogP contribution in [0.4, 0.5) is 0 Å². The number of carbonyl (C=O) groups is 2. The van der Waals surface area contributed by atoms with Crippen LogP contribution >= 0.6 is 23.2 Å². The van der Waals surface area contributed by atoms with E-state index in [1.165, 1.54) is 0 Å². The minimum atomic E-state index is -0.922. The normalized spacial score (nSPS) is 11.7. The Morgan fingerprint density at radius 2 is 1.83 bits per heavy atom. The Morgan fingerprint density at radius 1 is 1.00 bits per heavy atom. The Balaban J connectivity index is 1.46. The Labute approximate surface area is 213 Å². The van der Waals surface area contributed by atoms with Gasteiger partial charge in [-0.05, 0) is 48.4 Å². The summed E-state index contributed by atoms with van der Waals surface area (Å²) in [5, 5.41) is 4.61. The number of hydrogen-bond acceptors (Lipinski definition) is 4. The molecule has 0 aliphatic heterocycles. The number of aryl methyl sites for hydroxylation is 1. The lowest BCUT2D eigenvalue weighted by Crippen LogP contribution is -2.45. The highest BCUT2D eigenvalue weighted by Crippen LogP contribution is 2.23. The number of nitrogens with one attached hydrogen (secondary N) is 2. The number of H-pyrrole nitrogens is 1. The van der Waals surface area contributed by atoms with Gasteiger partial charge in [0.2, 0.25) is 0 Å². The number of amides is 1. The second-order valence-corrected chi connectivity index (χ2v) is 8.98. The molecule has 4 rings (SSSR count). The van der Waals surface area contributed by atoms with Gasteiger partial charge in [-0.15, -0.1) is 0 Å². The maximum absolute atomic E-state index is 13.1. The first-order valence-corrected chi connectivity index (χ1v) is 11.8. The van der Waals surface area contributed by atoms with Crippen molar-refractivity contribution in [1.29, 1.82) is 0 Å². The summed E-state index contributed by atoms with van der Waals surface area (Å²) in [5.41, 5.74) is 3.46. The molecule has 0 saturated carbocycles. The summed E-state index contributed by atoms with van der Waals surface area (Å²) in [6.07, 6.45) is 2.07. The third kappa shape index (κ3) is 6.56. The van der Waals surface area contributed by atoms with Gasteiger partial charge in [-0.1, -0.05) is 59.6 Å². The molecule has 0 aliphatic rings. The zero-order valence-electron chi connectivity index (χ0n) is 19.0. The number of carbonyl (C=O) groups excluding carboxylic acids is 2. The van der Waals surface area contributed by atoms with Crippen molar-refractivity contribution in [3.8, 4) is 5.75 Å². The van der Waals surface area contributed by atoms with E-state index in [0.717, 1.165) is 22.0 Å². The minimum absolute atomic E-state index is 0.0467. The van der Waals surface area contributed by atoms with E-state index in [4.69, 9.17) is 32.7 Å². The maximum atomic E-state index is 13.1. The molecule has 8 heteroatoms. The summed E-state index contributed by atoms with van der Waals surface area (Å²) in [6, 6.07) is 19.2. The number of esters is 1. The Kier molecular flexibility index (Phi) is 7.95. The van der Waals surface area contributed by atoms with Gasteiger partial charge in [0.1, 0.15) is 18.4 Å². The lowest BCUT2D eigenvalue weighted by molar-refractivity contribution is -0.149. The molecular weight excluding hydrogens is 487 g/mol. The molecule has 1 atom stereocenters. The molecule has 0 bridgehead atoms. The molecule has 1 amide bonds. The van der Waals surface area contributed by atoms with Gasteiger partial charge in [-0.3, -0.25) is 4.79 Å². The number of fused-ring (bicyclic) bond motifs is 1. The van der Waals surface area contributed by atoms with Crippen LogP contribution in [0.3, 0.4) is 0 Å². The SMILES string of the molecule is Cc1cccc(OCC(=O)N[C@H](Cc2c[nH]c3ccccc23)C(=O)OCc2ccc(Cl)cc2Cl)c1. The van der Waals surface area contributed by atoms with Crippen LogP contribution in [0.15, 0.2) is 72.9 Å². The lowest BCUT2D eigenvalue weighted by atomic mass is 10.0. The fraction of sp³-hybridized carbons (Fsp3) is 0.185. The fourth-order valence-electron chi connectivity index (χ4n) is 3.69. The van der Waals surface area contributed by atoms with E-state index in [9.17, 15) is 9.59 Å². The minimum Gasteiger partial charge on any atom is -0.484 e. The second-order valence-electron chi connectivity index (χ2n) is 8.13. The van der Waals surface area contributed by atoms with E-state index in [0.29, 0.717) is 21.4 Å². The molecule has 3 aromatic carbocycles. The first-order chi connectivity index (χ1) is 16.9. The number of aromatic nitrogens is 1. The predicted octanol–water partition coefficient (Wildman–Crippen LogP) is 5.63. The fourth-order valence-corrected chi connectivity index (χ4v) is 4.15. The standard InChI is InChI=1S/C27H24Cl2N2O4/c1-17-5-4-6-21(11-17)34-16-26(32)31-25(12-19-14-30-24-8-3-2-7-22(19)24)27(33)35-15-18-9-10-20(28)13-23(18)29/h2-11,13-14,25,30H,12,15-16H2,1H3,(H,31,32)/t25-/m1/s1. The molecule has 4 aromatic rings. The number of aromatic amines is 1. The molecule has 6 nitrogen and oxygen atoms in total. The van der Waals surface area contributed by atoms with Crippen LogP contribution in [0.25, 0.3) is 10.9 Å². The van der Waals surface area contributed by atoms with Crippen LogP contribution in [0, 0.1) is 6.92 Å². The summed E-state index contributed by atoms with van der Waals surface area (Å²) in [7, 11) is 0. The van der Waals surface area contributed by atoms with Crippen molar-refractivity contribution in [3.63, 3.8) is 0 Å². The number of benzene rings is 3. The Hall–Kier alpha value is -3.48. The third-order valence-corrected chi connectivity index (χ3v) is 6.05. The maximum Gasteiger partial charge on any atom is 0.329 e. The second kappa shape index (κ2) is 11.3. The molecule has 0 spiro atoms. The quantitative estimate of drug-likeness (QED) is 0.286. The molecule has 35 heavy (non-hydrogen) atoms. The Bertz CT molecular complexity index is 1350. The molecule has 0 unspecified atom stereocenters. The third-order valence-electron chi connectivity index (χ3n) is 5.46. The molecule has 0 aliphatic carbocycles. The van der Waals surface area contributed by atoms with Gasteiger partial charge in [-0.2, -0.15) is 0 Å². The highest BCUT2D eigenvalue weighted by atomic mass is 35.5. The van der Waals surface area contributed by atoms with E-state index in [1.807, 2.05) is 55.6 Å². The Morgan fingerprint density at radius 3 is 2.63 bits per heavy atom. The zero-order valence-corrected chi connectivity index (χ0v) is 20.5. The summed E-state index contributed by atoms with van der Waals surface area (Å²) in [5.74, 6) is -0.434. The van der Waals surface area contributed by atoms with E-state index in [1.54, 1.807) is 24.3 Å². The summed E-state index contributed by atoms with van der Waals surface area (Å²) >= 11 is 12.1. The van der Waals surface area contributed by atoms with Crippen molar-refractivity contribution in [1.82, 2.24) is 10.3 Å². The van der Waals surface area contributed by atoms with Crippen LogP contribution in [0.5, 0.6) is 5.75 Å². The van der Waals surface area contributed by atoms with Gasteiger partial charge in [0.25, 0.3) is 5.91 Å². The molecule has 1 heterocycles. The van der Waals surface area contributed by atoms with Gasteiger partial charge in [0, 0.05) is 39.1 Å². The van der Waals surface area contributed by atoms with Gasteiger partial charge >= 0.3 is 5.97 Å². The average Bonchev–Trinajstić information content (AvgIpc) is 3.24. The average molecular weight is 511 g/mol. The smallest absolute Gasteiger partial charge is 0.329 e. The van der Waals surface area contributed by atoms with Crippen molar-refractivity contribution in [2.24, 2.45) is 0 Å². The van der Waals surface area contributed by atoms with Crippen molar-refractivity contribution in [2.45, 2.75) is 26.0 Å². The van der Waals surface area contributed by atoms with E-state index in [-0.39, 0.29) is 19.6 Å². The number of halogens is 2. The van der Waals surface area contributed by atoms with Crippen molar-refractivity contribution in [3.05, 3.63) is 99.7 Å². The van der Waals surface area contributed by atoms with Gasteiger partial charge < -0.3 is 19.8 Å². The number of rotatable bonds is 9. The number of ether oxygens (including phenoxy) is 2. The van der Waals surface area contributed by atoms with Gasteiger partial charge in [-0.25, -0.2) is 4.79 Å². The van der Waals surface area contributed by atoms with Crippen molar-refractivity contribution >= 4 is 46.0 Å². The summed E-state index contributed by atoms with van der Waals surface area (Å²) in [4.78, 5) is 28.9. The predicted molar refractivity (Wildman–Crippen MR) is 137 cm³/mol. The number of hydrogen-bond donors (Lipinski definition) is 2. The first kappa shape index (κ1) is 24.6. The van der Waals surface area contributed by atoms with Gasteiger partial charge in [0.05, 0.1) is 0 Å². The molecule has 0 radical (unpaired) electrons. The summed E-state index contributed by atoms with van der Waals surface area (Å²) in [6.45, 7) is 1.66. The van der Waals surface area contributed by atoms with Crippen molar-refractivity contribution in [2.75, 3.05) is 6.61 Å². The van der Waals surface area contributed by atoms with E-state index < -0.39 is 17.9 Å². The summed E-state index contributed by atoms with van der Waals surface area (Å²) < 4.78 is 11.1. The molecular formula is C27H24Cl2N2O4. The number of para-hydroxylation sites is 1. The molecule has 180 valence electrons. The first-order valence-electron chi connectivity index (χ1n) is 11.0. The van der Waals surface area contributed by atoms with Crippen LogP contribution < -0.4 is 10.1 Å². The van der Waals surface area contributed by atoms with Crippen LogP contribution in [-0.4, -0.2) is 29.5 Å². The lowest BCUT2D eigenvalue weighted by Gasteiger charge is -2.18. The van der Waals surface area contributed by atoms with E-state index >= 15 is 0 Å².